The second kappa shape index (κ2) is 12.1. The maximum atomic E-state index is 14.0. The van der Waals surface area contributed by atoms with Crippen LogP contribution in [0.2, 0.25) is 0 Å². The number of benzene rings is 7. The fourth-order valence-corrected chi connectivity index (χ4v) is 7.76. The Morgan fingerprint density at radius 2 is 0.918 bits per heavy atom. The molecule has 9 rings (SSSR count). The van der Waals surface area contributed by atoms with Crippen LogP contribution in [-0.4, -0.2) is 15.1 Å². The molecule has 4 nitrogen and oxygen atoms in total. The van der Waals surface area contributed by atoms with E-state index in [1.54, 1.807) is 0 Å². The van der Waals surface area contributed by atoms with Crippen molar-refractivity contribution in [2.45, 2.75) is 6.61 Å². The first-order valence-electron chi connectivity index (χ1n) is 16.3. The lowest BCUT2D eigenvalue weighted by Gasteiger charge is -2.17. The van der Waals surface area contributed by atoms with Gasteiger partial charge in [-0.05, 0) is 99.9 Å². The van der Waals surface area contributed by atoms with Crippen molar-refractivity contribution in [2.24, 2.45) is 0 Å². The second-order valence-corrected chi connectivity index (χ2v) is 13.4. The molecule has 0 aliphatic heterocycles. The third-order valence-electron chi connectivity index (χ3n) is 9.35. The van der Waals surface area contributed by atoms with Gasteiger partial charge in [0.25, 0.3) is 0 Å². The summed E-state index contributed by atoms with van der Waals surface area (Å²) in [6, 6.07) is 56.4. The predicted octanol–water partition coefficient (Wildman–Crippen LogP) is 11.5. The number of carbonyl (C=O) groups is 1. The number of esters is 1. The van der Waals surface area contributed by atoms with Crippen LogP contribution < -0.4 is 0 Å². The summed E-state index contributed by atoms with van der Waals surface area (Å²) in [5.74, 6) is -0.356. The fourth-order valence-electron chi connectivity index (χ4n) is 7.13. The molecule has 2 heterocycles. The van der Waals surface area contributed by atoms with Gasteiger partial charge in [0.2, 0.25) is 0 Å². The molecule has 49 heavy (non-hydrogen) atoms. The van der Waals surface area contributed by atoms with Gasteiger partial charge in [0.05, 0.1) is 27.6 Å². The lowest BCUT2D eigenvalue weighted by Crippen LogP contribution is -2.08. The maximum absolute atomic E-state index is 14.0. The molecule has 234 valence electrons. The number of halogens is 1. The first kappa shape index (κ1) is 29.5. The number of ether oxygens (including phenoxy) is 1. The number of hydrogen-bond donors (Lipinski definition) is 0. The highest BCUT2D eigenvalue weighted by Crippen LogP contribution is 2.38. The van der Waals surface area contributed by atoms with E-state index in [2.05, 4.69) is 153 Å². The molecule has 0 aliphatic rings. The molecule has 0 spiro atoms. The summed E-state index contributed by atoms with van der Waals surface area (Å²) < 4.78 is 11.6. The van der Waals surface area contributed by atoms with Crippen molar-refractivity contribution >= 4 is 72.2 Å². The Kier molecular flexibility index (Phi) is 7.28. The second-order valence-electron chi connectivity index (χ2n) is 12.2. The zero-order valence-electron chi connectivity index (χ0n) is 26.4. The molecule has 0 saturated carbocycles. The predicted molar refractivity (Wildman–Crippen MR) is 209 cm³/mol. The summed E-state index contributed by atoms with van der Waals surface area (Å²) >= 11 is 2.39. The third kappa shape index (κ3) is 5.00. The molecule has 0 bridgehead atoms. The molecule has 0 aliphatic carbocycles. The van der Waals surface area contributed by atoms with Crippen LogP contribution in [0.4, 0.5) is 0 Å². The van der Waals surface area contributed by atoms with Gasteiger partial charge in [-0.15, -0.1) is 0 Å². The molecule has 7 aromatic carbocycles. The average Bonchev–Trinajstić information content (AvgIpc) is 3.68. The Hall–Kier alpha value is -5.66. The quantitative estimate of drug-likeness (QED) is 0.126. The van der Waals surface area contributed by atoms with Crippen molar-refractivity contribution in [1.82, 2.24) is 9.13 Å². The molecular weight excluding hydrogens is 715 g/mol. The van der Waals surface area contributed by atoms with Crippen LogP contribution in [0, 0.1) is 3.57 Å². The average molecular weight is 745 g/mol. The molecular formula is C44H29IN2O2. The van der Waals surface area contributed by atoms with Gasteiger partial charge in [-0.3, -0.25) is 0 Å². The number of fused-ring (bicyclic) bond motifs is 6. The van der Waals surface area contributed by atoms with Gasteiger partial charge >= 0.3 is 5.97 Å². The van der Waals surface area contributed by atoms with Crippen LogP contribution in [0.1, 0.15) is 15.9 Å². The van der Waals surface area contributed by atoms with Crippen molar-refractivity contribution in [3.05, 3.63) is 178 Å². The summed E-state index contributed by atoms with van der Waals surface area (Å²) in [5.41, 5.74) is 9.77. The highest BCUT2D eigenvalue weighted by Gasteiger charge is 2.21. The van der Waals surface area contributed by atoms with Crippen LogP contribution in [-0.2, 0) is 11.3 Å². The van der Waals surface area contributed by atoms with Gasteiger partial charge in [-0.1, -0.05) is 103 Å². The standard InChI is InChI=1S/C44H29IN2O2/c45-39-25-23-31(47-42-20-10-6-16-34(42)35-17-7-11-21-43(35)47)27-38(39)37-26-30(22-24-36(37)44(48)49-28-29-12-2-1-3-13-29)46-40-18-8-4-14-32(40)33-15-5-9-19-41(33)46/h1-27H,28H2. The first-order chi connectivity index (χ1) is 24.2. The highest BCUT2D eigenvalue weighted by molar-refractivity contribution is 14.1. The number of rotatable bonds is 6. The maximum Gasteiger partial charge on any atom is 0.339 e. The van der Waals surface area contributed by atoms with E-state index in [0.29, 0.717) is 5.56 Å². The lowest BCUT2D eigenvalue weighted by molar-refractivity contribution is 0.0473. The summed E-state index contributed by atoms with van der Waals surface area (Å²) in [4.78, 5) is 14.0. The summed E-state index contributed by atoms with van der Waals surface area (Å²) in [6.07, 6.45) is 0. The molecule has 0 fully saturated rings. The lowest BCUT2D eigenvalue weighted by atomic mass is 9.98. The van der Waals surface area contributed by atoms with Crippen LogP contribution in [0.3, 0.4) is 0 Å². The van der Waals surface area contributed by atoms with E-state index in [9.17, 15) is 4.79 Å². The zero-order valence-corrected chi connectivity index (χ0v) is 28.5. The molecule has 0 atom stereocenters. The molecule has 9 aromatic rings. The monoisotopic (exact) mass is 744 g/mol. The van der Waals surface area contributed by atoms with Gasteiger partial charge in [-0.2, -0.15) is 0 Å². The fraction of sp³-hybridized carbons (Fsp3) is 0.0227. The van der Waals surface area contributed by atoms with E-state index < -0.39 is 0 Å². The van der Waals surface area contributed by atoms with Gasteiger partial charge in [-0.25, -0.2) is 4.79 Å². The van der Waals surface area contributed by atoms with E-state index in [4.69, 9.17) is 4.74 Å². The van der Waals surface area contributed by atoms with Gasteiger partial charge < -0.3 is 13.9 Å². The Bertz CT molecular complexity index is 2600. The first-order valence-corrected chi connectivity index (χ1v) is 17.4. The minimum Gasteiger partial charge on any atom is -0.457 e. The number of aromatic nitrogens is 2. The highest BCUT2D eigenvalue weighted by atomic mass is 127. The molecule has 0 unspecified atom stereocenters. The van der Waals surface area contributed by atoms with E-state index in [-0.39, 0.29) is 12.6 Å². The van der Waals surface area contributed by atoms with E-state index in [1.807, 2.05) is 42.5 Å². The zero-order chi connectivity index (χ0) is 32.9. The van der Waals surface area contributed by atoms with Crippen LogP contribution in [0.25, 0.3) is 66.1 Å². The Labute approximate surface area is 296 Å². The van der Waals surface area contributed by atoms with Crippen molar-refractivity contribution in [3.8, 4) is 22.5 Å². The summed E-state index contributed by atoms with van der Waals surface area (Å²) in [5, 5.41) is 4.79. The molecule has 2 aromatic heterocycles. The molecule has 0 amide bonds. The smallest absolute Gasteiger partial charge is 0.339 e. The molecule has 5 heteroatoms. The Morgan fingerprint density at radius 3 is 1.43 bits per heavy atom. The Balaban J connectivity index is 1.26. The van der Waals surface area contributed by atoms with Crippen LogP contribution >= 0.6 is 22.6 Å². The number of para-hydroxylation sites is 4. The SMILES string of the molecule is O=C(OCc1ccccc1)c1ccc(-n2c3ccccc3c3ccccc32)cc1-c1cc(-n2c3ccccc3c3ccccc32)ccc1I. The largest absolute Gasteiger partial charge is 0.457 e. The van der Waals surface area contributed by atoms with Crippen LogP contribution in [0.5, 0.6) is 0 Å². The number of carbonyl (C=O) groups excluding carboxylic acids is 1. The summed E-state index contributed by atoms with van der Waals surface area (Å²) in [6.45, 7) is 0.201. The van der Waals surface area contributed by atoms with Crippen molar-refractivity contribution in [3.63, 3.8) is 0 Å². The molecule has 0 saturated heterocycles. The number of hydrogen-bond acceptors (Lipinski definition) is 2. The van der Waals surface area contributed by atoms with E-state index in [1.165, 1.54) is 21.5 Å². The molecule has 0 N–H and O–H groups in total. The number of nitrogens with zero attached hydrogens (tertiary/aromatic N) is 2. The van der Waals surface area contributed by atoms with Crippen molar-refractivity contribution in [2.75, 3.05) is 0 Å². The van der Waals surface area contributed by atoms with E-state index >= 15 is 0 Å². The normalized spacial score (nSPS) is 11.5. The van der Waals surface area contributed by atoms with Crippen molar-refractivity contribution < 1.29 is 9.53 Å². The minimum atomic E-state index is -0.356. The third-order valence-corrected chi connectivity index (χ3v) is 10.3. The van der Waals surface area contributed by atoms with Crippen LogP contribution in [0.15, 0.2) is 164 Å². The van der Waals surface area contributed by atoms with Gasteiger partial charge in [0.15, 0.2) is 0 Å². The minimum absolute atomic E-state index is 0.201. The van der Waals surface area contributed by atoms with Crippen molar-refractivity contribution in [1.29, 1.82) is 0 Å². The molecule has 0 radical (unpaired) electrons. The summed E-state index contributed by atoms with van der Waals surface area (Å²) in [7, 11) is 0. The van der Waals surface area contributed by atoms with Gasteiger partial charge in [0, 0.05) is 36.5 Å². The van der Waals surface area contributed by atoms with E-state index in [0.717, 1.165) is 53.7 Å². The van der Waals surface area contributed by atoms with Gasteiger partial charge in [0.1, 0.15) is 6.61 Å². The Morgan fingerprint density at radius 1 is 0.490 bits per heavy atom. The topological polar surface area (TPSA) is 36.2 Å².